The third-order valence-corrected chi connectivity index (χ3v) is 3.53. The number of benzene rings is 1. The number of methoxy groups -OCH3 is 1. The second-order valence-electron chi connectivity index (χ2n) is 5.98. The molecule has 1 aromatic carbocycles. The Morgan fingerprint density at radius 1 is 1.05 bits per heavy atom. The summed E-state index contributed by atoms with van der Waals surface area (Å²) < 4.78 is 11.1. The van der Waals surface area contributed by atoms with Gasteiger partial charge in [0.25, 0.3) is 0 Å². The summed E-state index contributed by atoms with van der Waals surface area (Å²) in [5.74, 6) is 2.99. The molecular formula is C17H30ClNO2. The average Bonchev–Trinajstić information content (AvgIpc) is 2.39. The van der Waals surface area contributed by atoms with Gasteiger partial charge in [0.1, 0.15) is 0 Å². The van der Waals surface area contributed by atoms with Crippen LogP contribution in [-0.4, -0.2) is 13.7 Å². The lowest BCUT2D eigenvalue weighted by Gasteiger charge is -2.14. The topological polar surface area (TPSA) is 44.5 Å². The van der Waals surface area contributed by atoms with Gasteiger partial charge in [-0.05, 0) is 30.4 Å². The molecule has 0 amide bonds. The summed E-state index contributed by atoms with van der Waals surface area (Å²) in [7, 11) is 1.64. The number of halogens is 1. The smallest absolute Gasteiger partial charge is 0.162 e. The first kappa shape index (κ1) is 19.9. The summed E-state index contributed by atoms with van der Waals surface area (Å²) in [6.45, 7) is 7.58. The van der Waals surface area contributed by atoms with E-state index in [-0.39, 0.29) is 12.4 Å². The molecule has 0 saturated heterocycles. The van der Waals surface area contributed by atoms with Gasteiger partial charge in [-0.1, -0.05) is 40.0 Å². The molecule has 1 rings (SSSR count). The van der Waals surface area contributed by atoms with Crippen LogP contribution in [0.5, 0.6) is 11.5 Å². The highest BCUT2D eigenvalue weighted by atomic mass is 35.5. The summed E-state index contributed by atoms with van der Waals surface area (Å²) in [5, 5.41) is 0. The van der Waals surface area contributed by atoms with E-state index in [9.17, 15) is 0 Å². The van der Waals surface area contributed by atoms with Crippen molar-refractivity contribution in [2.75, 3.05) is 19.5 Å². The maximum absolute atomic E-state index is 5.80. The maximum atomic E-state index is 5.80. The van der Waals surface area contributed by atoms with E-state index >= 15 is 0 Å². The van der Waals surface area contributed by atoms with Crippen LogP contribution in [0.3, 0.4) is 0 Å². The second-order valence-corrected chi connectivity index (χ2v) is 5.98. The van der Waals surface area contributed by atoms with Crippen LogP contribution in [0.15, 0.2) is 18.2 Å². The van der Waals surface area contributed by atoms with Crippen LogP contribution in [0.4, 0.5) is 5.69 Å². The van der Waals surface area contributed by atoms with Crippen LogP contribution < -0.4 is 15.2 Å². The van der Waals surface area contributed by atoms with Crippen molar-refractivity contribution < 1.29 is 9.47 Å². The molecule has 0 aliphatic heterocycles. The molecule has 21 heavy (non-hydrogen) atoms. The van der Waals surface area contributed by atoms with Gasteiger partial charge in [-0.3, -0.25) is 0 Å². The zero-order valence-corrected chi connectivity index (χ0v) is 14.5. The summed E-state index contributed by atoms with van der Waals surface area (Å²) in [6, 6.07) is 5.50. The van der Waals surface area contributed by atoms with Gasteiger partial charge < -0.3 is 15.2 Å². The third-order valence-electron chi connectivity index (χ3n) is 3.53. The molecule has 1 aromatic rings. The van der Waals surface area contributed by atoms with Crippen molar-refractivity contribution in [2.24, 2.45) is 11.8 Å². The van der Waals surface area contributed by atoms with E-state index in [0.29, 0.717) is 17.4 Å². The molecule has 0 saturated carbocycles. The lowest BCUT2D eigenvalue weighted by atomic mass is 9.98. The highest BCUT2D eigenvalue weighted by molar-refractivity contribution is 5.85. The first-order valence-electron chi connectivity index (χ1n) is 7.59. The minimum absolute atomic E-state index is 0. The Bertz CT molecular complexity index is 396. The number of hydrogen-bond donors (Lipinski definition) is 1. The van der Waals surface area contributed by atoms with Gasteiger partial charge >= 0.3 is 0 Å². The number of ether oxygens (including phenoxy) is 2. The van der Waals surface area contributed by atoms with Crippen molar-refractivity contribution in [1.29, 1.82) is 0 Å². The Balaban J connectivity index is 0.00000400. The van der Waals surface area contributed by atoms with E-state index in [1.54, 1.807) is 13.2 Å². The van der Waals surface area contributed by atoms with E-state index in [4.69, 9.17) is 15.2 Å². The van der Waals surface area contributed by atoms with Crippen LogP contribution in [0, 0.1) is 11.8 Å². The van der Waals surface area contributed by atoms with Gasteiger partial charge in [-0.2, -0.15) is 0 Å². The molecule has 122 valence electrons. The first-order chi connectivity index (χ1) is 9.52. The molecule has 0 aliphatic rings. The fourth-order valence-corrected chi connectivity index (χ4v) is 2.19. The fraction of sp³-hybridized carbons (Fsp3) is 0.647. The van der Waals surface area contributed by atoms with Gasteiger partial charge in [0.05, 0.1) is 13.7 Å². The summed E-state index contributed by atoms with van der Waals surface area (Å²) in [6.07, 6.45) is 4.98. The molecular weight excluding hydrogens is 286 g/mol. The highest BCUT2D eigenvalue weighted by Gasteiger charge is 2.07. The summed E-state index contributed by atoms with van der Waals surface area (Å²) >= 11 is 0. The standard InChI is InChI=1S/C17H29NO2.ClH/c1-13(2)6-5-7-14(3)10-11-20-16-9-8-15(18)12-17(16)19-4;/h8-9,12-14H,5-7,10-11,18H2,1-4H3;1H. The predicted octanol–water partition coefficient (Wildman–Crippen LogP) is 4.93. The van der Waals surface area contributed by atoms with Crippen LogP contribution in [0.2, 0.25) is 0 Å². The van der Waals surface area contributed by atoms with Gasteiger partial charge in [0.15, 0.2) is 11.5 Å². The molecule has 0 aromatic heterocycles. The highest BCUT2D eigenvalue weighted by Crippen LogP contribution is 2.29. The van der Waals surface area contributed by atoms with Gasteiger partial charge in [0, 0.05) is 11.8 Å². The third kappa shape index (κ3) is 8.05. The Kier molecular flexibility index (Phi) is 10.1. The molecule has 1 atom stereocenters. The van der Waals surface area contributed by atoms with Crippen molar-refractivity contribution in [1.82, 2.24) is 0 Å². The Morgan fingerprint density at radius 2 is 1.76 bits per heavy atom. The molecule has 0 radical (unpaired) electrons. The molecule has 0 heterocycles. The fourth-order valence-electron chi connectivity index (χ4n) is 2.19. The van der Waals surface area contributed by atoms with E-state index in [1.165, 1.54) is 19.3 Å². The van der Waals surface area contributed by atoms with Crippen molar-refractivity contribution in [2.45, 2.75) is 46.5 Å². The zero-order chi connectivity index (χ0) is 15.0. The second kappa shape index (κ2) is 10.6. The van der Waals surface area contributed by atoms with Crippen molar-refractivity contribution in [3.8, 4) is 11.5 Å². The van der Waals surface area contributed by atoms with E-state index in [2.05, 4.69) is 20.8 Å². The Hall–Kier alpha value is -1.09. The molecule has 0 spiro atoms. The van der Waals surface area contributed by atoms with Crippen LogP contribution in [-0.2, 0) is 0 Å². The molecule has 0 fully saturated rings. The average molecular weight is 316 g/mol. The normalized spacial score (nSPS) is 11.9. The molecule has 2 N–H and O–H groups in total. The molecule has 0 aliphatic carbocycles. The molecule has 0 bridgehead atoms. The quantitative estimate of drug-likeness (QED) is 0.657. The minimum Gasteiger partial charge on any atom is -0.493 e. The van der Waals surface area contributed by atoms with E-state index in [0.717, 1.165) is 24.7 Å². The van der Waals surface area contributed by atoms with E-state index < -0.39 is 0 Å². The van der Waals surface area contributed by atoms with Crippen LogP contribution >= 0.6 is 12.4 Å². The van der Waals surface area contributed by atoms with E-state index in [1.807, 2.05) is 12.1 Å². The first-order valence-corrected chi connectivity index (χ1v) is 7.59. The van der Waals surface area contributed by atoms with Crippen LogP contribution in [0.25, 0.3) is 0 Å². The lowest BCUT2D eigenvalue weighted by Crippen LogP contribution is -2.05. The number of rotatable bonds is 9. The van der Waals surface area contributed by atoms with Crippen molar-refractivity contribution >= 4 is 18.1 Å². The van der Waals surface area contributed by atoms with Crippen LogP contribution in [0.1, 0.15) is 46.5 Å². The minimum atomic E-state index is 0. The molecule has 3 nitrogen and oxygen atoms in total. The Morgan fingerprint density at radius 3 is 2.38 bits per heavy atom. The number of nitrogens with two attached hydrogens (primary N) is 1. The van der Waals surface area contributed by atoms with Gasteiger partial charge in [-0.25, -0.2) is 0 Å². The largest absolute Gasteiger partial charge is 0.493 e. The number of nitrogen functional groups attached to an aromatic ring is 1. The van der Waals surface area contributed by atoms with Gasteiger partial charge in [0.2, 0.25) is 0 Å². The molecule has 1 unspecified atom stereocenters. The summed E-state index contributed by atoms with van der Waals surface area (Å²) in [4.78, 5) is 0. The Labute approximate surface area is 135 Å². The van der Waals surface area contributed by atoms with Crippen molar-refractivity contribution in [3.63, 3.8) is 0 Å². The zero-order valence-electron chi connectivity index (χ0n) is 13.7. The SMILES string of the molecule is COc1cc(N)ccc1OCCC(C)CCCC(C)C.Cl. The summed E-state index contributed by atoms with van der Waals surface area (Å²) in [5.41, 5.74) is 6.41. The monoisotopic (exact) mass is 315 g/mol. The molecule has 4 heteroatoms. The maximum Gasteiger partial charge on any atom is 0.162 e. The van der Waals surface area contributed by atoms with Gasteiger partial charge in [-0.15, -0.1) is 12.4 Å². The van der Waals surface area contributed by atoms with Crippen molar-refractivity contribution in [3.05, 3.63) is 18.2 Å². The predicted molar refractivity (Wildman–Crippen MR) is 92.6 cm³/mol. The lowest BCUT2D eigenvalue weighted by molar-refractivity contribution is 0.262. The number of anilines is 1. The number of hydrogen-bond acceptors (Lipinski definition) is 3.